The van der Waals surface area contributed by atoms with E-state index in [0.29, 0.717) is 23.2 Å². The largest absolute Gasteiger partial charge is 0.496 e. The average Bonchev–Trinajstić information content (AvgIpc) is 2.79. The highest BCUT2D eigenvalue weighted by atomic mass is 35.5. The van der Waals surface area contributed by atoms with E-state index in [9.17, 15) is 4.79 Å². The second-order valence-electron chi connectivity index (χ2n) is 5.00. The van der Waals surface area contributed by atoms with Gasteiger partial charge in [-0.2, -0.15) is 0 Å². The minimum atomic E-state index is -0.0818. The van der Waals surface area contributed by atoms with Gasteiger partial charge in [-0.25, -0.2) is 0 Å². The van der Waals surface area contributed by atoms with Crippen LogP contribution in [0.1, 0.15) is 30.9 Å². The molecule has 4 nitrogen and oxygen atoms in total. The van der Waals surface area contributed by atoms with Crippen LogP contribution in [0.5, 0.6) is 5.75 Å². The molecule has 0 saturated carbocycles. The van der Waals surface area contributed by atoms with Crippen molar-refractivity contribution < 1.29 is 9.53 Å². The highest BCUT2D eigenvalue weighted by molar-refractivity contribution is 7.80. The number of alkyl halides is 1. The fourth-order valence-corrected chi connectivity index (χ4v) is 2.74. The smallest absolute Gasteiger partial charge is 0.276 e. The summed E-state index contributed by atoms with van der Waals surface area (Å²) in [6.07, 6.45) is 3.73. The van der Waals surface area contributed by atoms with Crippen molar-refractivity contribution in [2.75, 3.05) is 13.7 Å². The summed E-state index contributed by atoms with van der Waals surface area (Å²) in [7, 11) is 1.61. The van der Waals surface area contributed by atoms with Gasteiger partial charge in [-0.3, -0.25) is 9.69 Å². The number of carbonyl (C=O) groups excluding carboxylic acids is 1. The van der Waals surface area contributed by atoms with Crippen LogP contribution in [0.25, 0.3) is 6.08 Å². The molecule has 1 aromatic carbocycles. The SMILES string of the molecule is CCCCN1C(=O)/C(=C\c2ccc(OC)c(CCl)c2)NC1=S. The number of hydrogen-bond acceptors (Lipinski definition) is 3. The van der Waals surface area contributed by atoms with Crippen LogP contribution in [-0.4, -0.2) is 29.6 Å². The molecule has 2 rings (SSSR count). The molecule has 1 aliphatic heterocycles. The van der Waals surface area contributed by atoms with Gasteiger partial charge in [-0.1, -0.05) is 19.4 Å². The van der Waals surface area contributed by atoms with Gasteiger partial charge >= 0.3 is 0 Å². The van der Waals surface area contributed by atoms with E-state index in [4.69, 9.17) is 28.6 Å². The number of methoxy groups -OCH3 is 1. The Labute approximate surface area is 141 Å². The molecular formula is C16H19ClN2O2S. The van der Waals surface area contributed by atoms with Crippen molar-refractivity contribution in [3.63, 3.8) is 0 Å². The quantitative estimate of drug-likeness (QED) is 0.491. The van der Waals surface area contributed by atoms with E-state index in [1.165, 1.54) is 0 Å². The van der Waals surface area contributed by atoms with Gasteiger partial charge in [-0.15, -0.1) is 11.6 Å². The molecule has 0 radical (unpaired) electrons. The number of amides is 1. The fourth-order valence-electron chi connectivity index (χ4n) is 2.25. The molecular weight excluding hydrogens is 320 g/mol. The Bertz CT molecular complexity index is 616. The number of nitrogens with one attached hydrogen (secondary N) is 1. The van der Waals surface area contributed by atoms with E-state index in [1.54, 1.807) is 18.1 Å². The first-order valence-corrected chi connectivity index (χ1v) is 8.12. The van der Waals surface area contributed by atoms with Gasteiger partial charge in [0, 0.05) is 12.1 Å². The first-order valence-electron chi connectivity index (χ1n) is 7.18. The minimum Gasteiger partial charge on any atom is -0.496 e. The first-order chi connectivity index (χ1) is 10.6. The minimum absolute atomic E-state index is 0.0818. The number of nitrogens with zero attached hydrogens (tertiary/aromatic N) is 1. The van der Waals surface area contributed by atoms with Crippen molar-refractivity contribution in [1.82, 2.24) is 10.2 Å². The fraction of sp³-hybridized carbons (Fsp3) is 0.375. The van der Waals surface area contributed by atoms with Crippen LogP contribution in [0.15, 0.2) is 23.9 Å². The van der Waals surface area contributed by atoms with Crippen LogP contribution in [0, 0.1) is 0 Å². The Morgan fingerprint density at radius 3 is 2.86 bits per heavy atom. The Balaban J connectivity index is 2.23. The van der Waals surface area contributed by atoms with Crippen LogP contribution in [0.4, 0.5) is 0 Å². The Hall–Kier alpha value is -1.59. The van der Waals surface area contributed by atoms with Crippen molar-refractivity contribution in [2.45, 2.75) is 25.6 Å². The van der Waals surface area contributed by atoms with E-state index >= 15 is 0 Å². The van der Waals surface area contributed by atoms with Crippen molar-refractivity contribution in [2.24, 2.45) is 0 Å². The lowest BCUT2D eigenvalue weighted by Crippen LogP contribution is -2.31. The van der Waals surface area contributed by atoms with E-state index < -0.39 is 0 Å². The summed E-state index contributed by atoms with van der Waals surface area (Å²) in [5, 5.41) is 3.45. The number of ether oxygens (including phenoxy) is 1. The van der Waals surface area contributed by atoms with E-state index in [2.05, 4.69) is 12.2 Å². The Morgan fingerprint density at radius 2 is 2.23 bits per heavy atom. The van der Waals surface area contributed by atoms with Gasteiger partial charge in [0.2, 0.25) is 0 Å². The van der Waals surface area contributed by atoms with E-state index in [-0.39, 0.29) is 5.91 Å². The van der Waals surface area contributed by atoms with Crippen molar-refractivity contribution in [1.29, 1.82) is 0 Å². The molecule has 22 heavy (non-hydrogen) atoms. The van der Waals surface area contributed by atoms with Crippen LogP contribution in [0.3, 0.4) is 0 Å². The molecule has 0 aliphatic carbocycles. The maximum absolute atomic E-state index is 12.4. The van der Waals surface area contributed by atoms with Gasteiger partial charge in [-0.05, 0) is 42.4 Å². The summed E-state index contributed by atoms with van der Waals surface area (Å²) in [6, 6.07) is 5.64. The Kier molecular flexibility index (Phi) is 5.80. The van der Waals surface area contributed by atoms with Crippen LogP contribution in [0.2, 0.25) is 0 Å². The predicted molar refractivity (Wildman–Crippen MR) is 92.9 cm³/mol. The number of thiocarbonyl (C=S) groups is 1. The molecule has 1 fully saturated rings. The maximum Gasteiger partial charge on any atom is 0.276 e. The standard InChI is InChI=1S/C16H19ClN2O2S/c1-3-4-7-19-15(20)13(18-16(19)22)9-11-5-6-14(21-2)12(8-11)10-17/h5-6,8-9H,3-4,7,10H2,1-2H3,(H,18,22)/b13-9+. The zero-order chi connectivity index (χ0) is 16.1. The molecule has 0 bridgehead atoms. The summed E-state index contributed by atoms with van der Waals surface area (Å²) < 4.78 is 5.24. The van der Waals surface area contributed by atoms with Gasteiger partial charge < -0.3 is 10.1 Å². The van der Waals surface area contributed by atoms with Crippen LogP contribution in [-0.2, 0) is 10.7 Å². The van der Waals surface area contributed by atoms with Crippen molar-refractivity contribution >= 4 is 40.9 Å². The van der Waals surface area contributed by atoms with Gasteiger partial charge in [0.05, 0.1) is 13.0 Å². The summed E-state index contributed by atoms with van der Waals surface area (Å²) in [4.78, 5) is 14.0. The second kappa shape index (κ2) is 7.61. The third kappa shape index (κ3) is 3.59. The van der Waals surface area contributed by atoms with E-state index in [0.717, 1.165) is 29.7 Å². The third-order valence-corrected chi connectivity index (χ3v) is 4.07. The molecule has 6 heteroatoms. The lowest BCUT2D eigenvalue weighted by molar-refractivity contribution is -0.122. The normalized spacial score (nSPS) is 16.3. The topological polar surface area (TPSA) is 41.6 Å². The number of benzene rings is 1. The maximum atomic E-state index is 12.4. The molecule has 1 aliphatic rings. The lowest BCUT2D eigenvalue weighted by Gasteiger charge is -2.12. The molecule has 0 atom stereocenters. The third-order valence-electron chi connectivity index (χ3n) is 3.46. The summed E-state index contributed by atoms with van der Waals surface area (Å²) in [6.45, 7) is 2.73. The molecule has 1 N–H and O–H groups in total. The average molecular weight is 339 g/mol. The summed E-state index contributed by atoms with van der Waals surface area (Å²) in [5.74, 6) is 1.01. The zero-order valence-corrected chi connectivity index (χ0v) is 14.3. The van der Waals surface area contributed by atoms with Crippen molar-refractivity contribution in [3.8, 4) is 5.75 Å². The number of hydrogen-bond donors (Lipinski definition) is 1. The van der Waals surface area contributed by atoms with Gasteiger partial charge in [0.25, 0.3) is 5.91 Å². The molecule has 0 unspecified atom stereocenters. The molecule has 118 valence electrons. The summed E-state index contributed by atoms with van der Waals surface area (Å²) >= 11 is 11.1. The monoisotopic (exact) mass is 338 g/mol. The molecule has 0 spiro atoms. The summed E-state index contributed by atoms with van der Waals surface area (Å²) in [5.41, 5.74) is 2.26. The highest BCUT2D eigenvalue weighted by Gasteiger charge is 2.29. The van der Waals surface area contributed by atoms with Crippen molar-refractivity contribution in [3.05, 3.63) is 35.0 Å². The van der Waals surface area contributed by atoms with Crippen LogP contribution < -0.4 is 10.1 Å². The predicted octanol–water partition coefficient (Wildman–Crippen LogP) is 3.29. The van der Waals surface area contributed by atoms with Crippen LogP contribution >= 0.6 is 23.8 Å². The molecule has 1 amide bonds. The van der Waals surface area contributed by atoms with E-state index in [1.807, 2.05) is 18.2 Å². The second-order valence-corrected chi connectivity index (χ2v) is 5.66. The highest BCUT2D eigenvalue weighted by Crippen LogP contribution is 2.23. The van der Waals surface area contributed by atoms with Gasteiger partial charge in [0.15, 0.2) is 5.11 Å². The first kappa shape index (κ1) is 16.8. The number of rotatable bonds is 6. The number of carbonyl (C=O) groups is 1. The molecule has 1 aromatic rings. The number of unbranched alkanes of at least 4 members (excludes halogenated alkanes) is 1. The Morgan fingerprint density at radius 1 is 1.45 bits per heavy atom. The lowest BCUT2D eigenvalue weighted by atomic mass is 10.1. The molecule has 0 aromatic heterocycles. The molecule has 1 saturated heterocycles. The number of halogens is 1. The van der Waals surface area contributed by atoms with Gasteiger partial charge in [0.1, 0.15) is 11.4 Å². The molecule has 1 heterocycles. The zero-order valence-electron chi connectivity index (χ0n) is 12.7.